The van der Waals surface area contributed by atoms with Crippen LogP contribution in [0.15, 0.2) is 217 Å². The van der Waals surface area contributed by atoms with Gasteiger partial charge < -0.3 is 8.98 Å². The fraction of sp³-hybridized carbons (Fsp3) is 0.0333. The number of hydrogen-bond acceptors (Lipinski definition) is 1. The minimum Gasteiger partial charge on any atom is -0.456 e. The molecule has 10 aromatic carbocycles. The van der Waals surface area contributed by atoms with Crippen molar-refractivity contribution in [1.82, 2.24) is 4.57 Å². The second-order valence-corrected chi connectivity index (χ2v) is 17.4. The molecule has 2 aromatic heterocycles. The van der Waals surface area contributed by atoms with Crippen LogP contribution in [0.1, 0.15) is 44.5 Å². The van der Waals surface area contributed by atoms with E-state index in [1.54, 1.807) is 0 Å². The van der Waals surface area contributed by atoms with Crippen LogP contribution in [0, 0.1) is 0 Å². The van der Waals surface area contributed by atoms with E-state index in [0.717, 1.165) is 27.6 Å². The summed E-state index contributed by atoms with van der Waals surface area (Å²) in [4.78, 5) is 0. The van der Waals surface area contributed by atoms with Crippen LogP contribution in [0.25, 0.3) is 82.5 Å². The van der Waals surface area contributed by atoms with Gasteiger partial charge >= 0.3 is 0 Å². The van der Waals surface area contributed by atoms with Gasteiger partial charge in [-0.05, 0) is 109 Å². The summed E-state index contributed by atoms with van der Waals surface area (Å²) < 4.78 is 8.88. The summed E-state index contributed by atoms with van der Waals surface area (Å²) in [6.45, 7) is 0. The van der Waals surface area contributed by atoms with Crippen molar-refractivity contribution in [2.24, 2.45) is 0 Å². The predicted molar refractivity (Wildman–Crippen MR) is 254 cm³/mol. The van der Waals surface area contributed by atoms with E-state index >= 15 is 0 Å². The zero-order valence-corrected chi connectivity index (χ0v) is 33.6. The van der Waals surface area contributed by atoms with Gasteiger partial charge in [-0.3, -0.25) is 0 Å². The second kappa shape index (κ2) is 11.5. The molecule has 2 nitrogen and oxygen atoms in total. The highest BCUT2D eigenvalue weighted by Crippen LogP contribution is 2.67. The van der Waals surface area contributed by atoms with E-state index in [4.69, 9.17) is 4.42 Å². The number of aromatic nitrogens is 1. The molecule has 12 aromatic rings. The third-order valence-corrected chi connectivity index (χ3v) is 14.9. The van der Waals surface area contributed by atoms with E-state index in [1.807, 2.05) is 6.07 Å². The summed E-state index contributed by atoms with van der Waals surface area (Å²) in [6.07, 6.45) is 0. The zero-order valence-electron chi connectivity index (χ0n) is 33.6. The lowest BCUT2D eigenvalue weighted by Crippen LogP contribution is -2.43. The van der Waals surface area contributed by atoms with Gasteiger partial charge in [-0.2, -0.15) is 0 Å². The van der Waals surface area contributed by atoms with E-state index in [-0.39, 0.29) is 0 Å². The molecular weight excluding hydrogens is 751 g/mol. The number of rotatable bonds is 1. The third kappa shape index (κ3) is 3.72. The molecule has 0 aliphatic heterocycles. The first kappa shape index (κ1) is 32.9. The van der Waals surface area contributed by atoms with Gasteiger partial charge in [-0.1, -0.05) is 176 Å². The number of para-hydroxylation sites is 1. The topological polar surface area (TPSA) is 18.1 Å². The van der Waals surface area contributed by atoms with Crippen molar-refractivity contribution in [3.8, 4) is 27.9 Å². The first-order valence-electron chi connectivity index (χ1n) is 21.7. The normalized spacial score (nSPS) is 14.7. The Labute approximate surface area is 357 Å². The molecule has 0 radical (unpaired) electrons. The van der Waals surface area contributed by atoms with Crippen molar-refractivity contribution >= 4 is 54.5 Å². The molecule has 0 fully saturated rings. The second-order valence-electron chi connectivity index (χ2n) is 17.4. The monoisotopic (exact) mass is 785 g/mol. The van der Waals surface area contributed by atoms with Crippen LogP contribution in [0.3, 0.4) is 0 Å². The third-order valence-electron chi connectivity index (χ3n) is 14.9. The molecule has 286 valence electrons. The van der Waals surface area contributed by atoms with Crippen LogP contribution >= 0.6 is 0 Å². The lowest BCUT2D eigenvalue weighted by molar-refractivity contribution is 0.633. The molecule has 0 unspecified atom stereocenters. The van der Waals surface area contributed by atoms with Gasteiger partial charge in [0.05, 0.1) is 21.9 Å². The lowest BCUT2D eigenvalue weighted by Gasteiger charge is -2.48. The van der Waals surface area contributed by atoms with E-state index in [2.05, 4.69) is 211 Å². The van der Waals surface area contributed by atoms with Crippen molar-refractivity contribution in [3.05, 3.63) is 257 Å². The van der Waals surface area contributed by atoms with Crippen molar-refractivity contribution in [2.45, 2.75) is 10.8 Å². The summed E-state index contributed by atoms with van der Waals surface area (Å²) in [5, 5.41) is 7.22. The van der Waals surface area contributed by atoms with Gasteiger partial charge in [0.15, 0.2) is 0 Å². The molecule has 62 heavy (non-hydrogen) atoms. The molecule has 0 saturated carbocycles. The Balaban J connectivity index is 1.10. The van der Waals surface area contributed by atoms with Crippen LogP contribution in [-0.4, -0.2) is 4.57 Å². The maximum Gasteiger partial charge on any atom is 0.135 e. The number of furan rings is 1. The minimum atomic E-state index is -0.565. The minimum absolute atomic E-state index is 0.474. The summed E-state index contributed by atoms with van der Waals surface area (Å²) >= 11 is 0. The highest BCUT2D eigenvalue weighted by molar-refractivity contribution is 6.20. The largest absolute Gasteiger partial charge is 0.456 e. The van der Waals surface area contributed by atoms with Gasteiger partial charge in [-0.15, -0.1) is 0 Å². The highest BCUT2D eigenvalue weighted by Gasteiger charge is 2.59. The summed E-state index contributed by atoms with van der Waals surface area (Å²) in [5.74, 6) is 0. The highest BCUT2D eigenvalue weighted by atomic mass is 16.3. The molecule has 0 saturated heterocycles. The van der Waals surface area contributed by atoms with Crippen molar-refractivity contribution in [3.63, 3.8) is 0 Å². The van der Waals surface area contributed by atoms with E-state index < -0.39 is 10.8 Å². The number of hydrogen-bond donors (Lipinski definition) is 0. The molecule has 0 bridgehead atoms. The van der Waals surface area contributed by atoms with Crippen LogP contribution in [0.4, 0.5) is 0 Å². The molecule has 2 spiro atoms. The van der Waals surface area contributed by atoms with E-state index in [9.17, 15) is 0 Å². The van der Waals surface area contributed by atoms with E-state index in [0.29, 0.717) is 0 Å². The molecule has 0 atom stereocenters. The molecule has 3 aliphatic carbocycles. The predicted octanol–water partition coefficient (Wildman–Crippen LogP) is 14.9. The average Bonchev–Trinajstić information content (AvgIpc) is 4.05. The average molecular weight is 786 g/mol. The molecule has 2 heteroatoms. The molecule has 2 heterocycles. The van der Waals surface area contributed by atoms with Crippen molar-refractivity contribution in [1.29, 1.82) is 0 Å². The van der Waals surface area contributed by atoms with Crippen LogP contribution < -0.4 is 0 Å². The molecule has 3 aliphatic rings. The Kier molecular flexibility index (Phi) is 6.07. The number of nitrogens with zero attached hydrogens (tertiary/aromatic N) is 1. The molecule has 15 rings (SSSR count). The van der Waals surface area contributed by atoms with Gasteiger partial charge in [-0.25, -0.2) is 0 Å². The number of benzene rings is 10. The van der Waals surface area contributed by atoms with Gasteiger partial charge in [0.1, 0.15) is 11.2 Å². The van der Waals surface area contributed by atoms with Gasteiger partial charge in [0.2, 0.25) is 0 Å². The quantitative estimate of drug-likeness (QED) is 0.162. The van der Waals surface area contributed by atoms with Crippen LogP contribution in [0.2, 0.25) is 0 Å². The van der Waals surface area contributed by atoms with Crippen LogP contribution in [0.5, 0.6) is 0 Å². The Morgan fingerprint density at radius 2 is 0.806 bits per heavy atom. The molecule has 0 N–H and O–H groups in total. The Morgan fingerprint density at radius 3 is 1.45 bits per heavy atom. The summed E-state index contributed by atoms with van der Waals surface area (Å²) in [5.41, 5.74) is 20.3. The maximum atomic E-state index is 6.36. The smallest absolute Gasteiger partial charge is 0.135 e. The molecule has 0 amide bonds. The fourth-order valence-electron chi connectivity index (χ4n) is 12.6. The first-order chi connectivity index (χ1) is 30.8. The first-order valence-corrected chi connectivity index (χ1v) is 21.7. The van der Waals surface area contributed by atoms with Crippen LogP contribution in [-0.2, 0) is 10.8 Å². The van der Waals surface area contributed by atoms with Gasteiger partial charge in [0.25, 0.3) is 0 Å². The van der Waals surface area contributed by atoms with Gasteiger partial charge in [0, 0.05) is 32.6 Å². The standard InChI is InChI=1S/C60H35NO/c1-2-16-38-36(15-1)29-31-43-45-34-54-44(35-55(45)61(58(38)43)37-30-32-57-46(33-37)42-20-6-14-28-56(42)62-57)41-19-5-9-23-49(41)60(54)52-26-12-10-24-50(52)59(51-25-11-13-27-53(51)60)47-21-7-3-17-39(47)40-18-4-8-22-48(40)59/h1-35H. The summed E-state index contributed by atoms with van der Waals surface area (Å²) in [6, 6.07) is 79.9. The van der Waals surface area contributed by atoms with Crippen molar-refractivity contribution in [2.75, 3.05) is 0 Å². The Hall–Kier alpha value is -7.94. The SMILES string of the molecule is c1ccc2c(c1)-c1ccccc1C21c2ccccc2C2(c3ccccc3-c3cc4c(cc32)c2ccc3ccccc3c2n4-c2ccc3oc4ccccc4c3c2)c2ccccc21. The Bertz CT molecular complexity index is 3860. The Morgan fingerprint density at radius 1 is 0.306 bits per heavy atom. The molecular formula is C60H35NO. The van der Waals surface area contributed by atoms with E-state index in [1.165, 1.54) is 99.3 Å². The van der Waals surface area contributed by atoms with Crippen molar-refractivity contribution < 1.29 is 4.42 Å². The zero-order chi connectivity index (χ0) is 40.3. The maximum absolute atomic E-state index is 6.36. The number of fused-ring (bicyclic) bond motifs is 24. The lowest BCUT2D eigenvalue weighted by atomic mass is 9.52. The summed E-state index contributed by atoms with van der Waals surface area (Å²) in [7, 11) is 0. The fourth-order valence-corrected chi connectivity index (χ4v) is 12.6.